The zero-order valence-corrected chi connectivity index (χ0v) is 10.9. The lowest BCUT2D eigenvalue weighted by atomic mass is 9.94. The van der Waals surface area contributed by atoms with Gasteiger partial charge in [0.15, 0.2) is 0 Å². The van der Waals surface area contributed by atoms with Crippen molar-refractivity contribution in [3.05, 3.63) is 29.8 Å². The fourth-order valence-corrected chi connectivity index (χ4v) is 2.48. The molecule has 2 unspecified atom stereocenters. The number of rotatable bonds is 2. The van der Waals surface area contributed by atoms with Crippen LogP contribution in [0.4, 0.5) is 0 Å². The maximum Gasteiger partial charge on any atom is 0.255 e. The molecule has 1 aromatic carbocycles. The van der Waals surface area contributed by atoms with E-state index in [1.165, 1.54) is 6.07 Å². The molecule has 1 fully saturated rings. The zero-order chi connectivity index (χ0) is 13.1. The van der Waals surface area contributed by atoms with E-state index in [0.717, 1.165) is 19.5 Å². The predicted octanol–water partition coefficient (Wildman–Crippen LogP) is 1.46. The third-order valence-corrected chi connectivity index (χ3v) is 3.57. The van der Waals surface area contributed by atoms with Gasteiger partial charge < -0.3 is 15.3 Å². The highest BCUT2D eigenvalue weighted by atomic mass is 16.3. The molecule has 0 spiro atoms. The Bertz CT molecular complexity index is 434. The van der Waals surface area contributed by atoms with Crippen molar-refractivity contribution in [2.45, 2.75) is 19.4 Å². The molecule has 1 aliphatic heterocycles. The van der Waals surface area contributed by atoms with Crippen LogP contribution < -0.4 is 5.32 Å². The molecule has 1 amide bonds. The van der Waals surface area contributed by atoms with E-state index in [-0.39, 0.29) is 17.7 Å². The number of phenolic OH excluding ortho intramolecular Hbond substituents is 1. The summed E-state index contributed by atoms with van der Waals surface area (Å²) in [4.78, 5) is 14.3. The lowest BCUT2D eigenvalue weighted by Crippen LogP contribution is -2.48. The molecule has 0 aliphatic carbocycles. The summed E-state index contributed by atoms with van der Waals surface area (Å²) in [5.74, 6) is 0.281. The Hall–Kier alpha value is -1.55. The number of benzene rings is 1. The third-order valence-electron chi connectivity index (χ3n) is 3.57. The van der Waals surface area contributed by atoms with Crippen LogP contribution in [0.3, 0.4) is 0 Å². The number of aromatic hydroxyl groups is 1. The van der Waals surface area contributed by atoms with Crippen LogP contribution in [-0.2, 0) is 0 Å². The van der Waals surface area contributed by atoms with Gasteiger partial charge in [0.1, 0.15) is 5.75 Å². The van der Waals surface area contributed by atoms with E-state index in [0.29, 0.717) is 11.5 Å². The molecule has 1 aliphatic rings. The lowest BCUT2D eigenvalue weighted by Gasteiger charge is -2.35. The van der Waals surface area contributed by atoms with Crippen molar-refractivity contribution in [2.75, 3.05) is 20.1 Å². The van der Waals surface area contributed by atoms with Gasteiger partial charge in [0, 0.05) is 12.6 Å². The second-order valence-electron chi connectivity index (χ2n) is 5.13. The topological polar surface area (TPSA) is 52.6 Å². The van der Waals surface area contributed by atoms with Gasteiger partial charge in [-0.2, -0.15) is 0 Å². The summed E-state index contributed by atoms with van der Waals surface area (Å²) in [6, 6.07) is 6.84. The van der Waals surface area contributed by atoms with Gasteiger partial charge in [-0.05, 0) is 38.1 Å². The molecule has 1 saturated heterocycles. The van der Waals surface area contributed by atoms with Crippen LogP contribution in [0.5, 0.6) is 5.75 Å². The first-order chi connectivity index (χ1) is 8.58. The average molecular weight is 248 g/mol. The molecule has 0 aromatic heterocycles. The molecular formula is C14H20N2O2. The van der Waals surface area contributed by atoms with Gasteiger partial charge in [-0.1, -0.05) is 19.1 Å². The molecule has 1 aromatic rings. The van der Waals surface area contributed by atoms with Crippen molar-refractivity contribution in [3.8, 4) is 5.75 Å². The monoisotopic (exact) mass is 248 g/mol. The van der Waals surface area contributed by atoms with Crippen LogP contribution in [0.15, 0.2) is 24.3 Å². The molecule has 2 N–H and O–H groups in total. The first-order valence-corrected chi connectivity index (χ1v) is 6.35. The Morgan fingerprint density at radius 2 is 2.17 bits per heavy atom. The molecular weight excluding hydrogens is 228 g/mol. The van der Waals surface area contributed by atoms with Crippen molar-refractivity contribution in [3.63, 3.8) is 0 Å². The SMILES string of the molecule is CC1CN(C)CCC1NC(=O)c1ccccc1O. The van der Waals surface area contributed by atoms with Crippen molar-refractivity contribution in [2.24, 2.45) is 5.92 Å². The van der Waals surface area contributed by atoms with Gasteiger partial charge in [0.25, 0.3) is 5.91 Å². The summed E-state index contributed by atoms with van der Waals surface area (Å²) < 4.78 is 0. The minimum atomic E-state index is -0.186. The van der Waals surface area contributed by atoms with E-state index in [2.05, 4.69) is 24.2 Å². The molecule has 0 bridgehead atoms. The number of hydrogen-bond donors (Lipinski definition) is 2. The number of piperidine rings is 1. The number of nitrogens with zero attached hydrogens (tertiary/aromatic N) is 1. The van der Waals surface area contributed by atoms with Gasteiger partial charge >= 0.3 is 0 Å². The Labute approximate surface area is 108 Å². The van der Waals surface area contributed by atoms with Crippen LogP contribution in [0.1, 0.15) is 23.7 Å². The quantitative estimate of drug-likeness (QED) is 0.833. The highest BCUT2D eigenvalue weighted by Gasteiger charge is 2.26. The predicted molar refractivity (Wildman–Crippen MR) is 70.6 cm³/mol. The zero-order valence-electron chi connectivity index (χ0n) is 10.9. The second kappa shape index (κ2) is 5.40. The number of amides is 1. The summed E-state index contributed by atoms with van der Waals surface area (Å²) >= 11 is 0. The number of likely N-dealkylation sites (tertiary alicyclic amines) is 1. The highest BCUT2D eigenvalue weighted by molar-refractivity contribution is 5.96. The molecule has 4 heteroatoms. The van der Waals surface area contributed by atoms with E-state index in [4.69, 9.17) is 0 Å². The van der Waals surface area contributed by atoms with Crippen molar-refractivity contribution in [1.29, 1.82) is 0 Å². The number of phenols is 1. The van der Waals surface area contributed by atoms with E-state index >= 15 is 0 Å². The largest absolute Gasteiger partial charge is 0.507 e. The van der Waals surface area contributed by atoms with E-state index in [1.807, 2.05) is 0 Å². The summed E-state index contributed by atoms with van der Waals surface area (Å²) in [6.45, 7) is 4.13. The van der Waals surface area contributed by atoms with Crippen LogP contribution in [0.2, 0.25) is 0 Å². The summed E-state index contributed by atoms with van der Waals surface area (Å²) in [6.07, 6.45) is 0.955. The number of carbonyl (C=O) groups is 1. The minimum absolute atomic E-state index is 0.0376. The molecule has 4 nitrogen and oxygen atoms in total. The van der Waals surface area contributed by atoms with Crippen LogP contribution in [0, 0.1) is 5.92 Å². The molecule has 2 rings (SSSR count). The Kier molecular flexibility index (Phi) is 3.87. The van der Waals surface area contributed by atoms with E-state index in [9.17, 15) is 9.90 Å². The number of para-hydroxylation sites is 1. The van der Waals surface area contributed by atoms with Gasteiger partial charge in [-0.25, -0.2) is 0 Å². The Morgan fingerprint density at radius 3 is 2.83 bits per heavy atom. The standard InChI is InChI=1S/C14H20N2O2/c1-10-9-16(2)8-7-12(10)15-14(18)11-5-3-4-6-13(11)17/h3-6,10,12,17H,7-9H2,1-2H3,(H,15,18). The smallest absolute Gasteiger partial charge is 0.255 e. The van der Waals surface area contributed by atoms with Gasteiger partial charge in [0.05, 0.1) is 5.56 Å². The van der Waals surface area contributed by atoms with Gasteiger partial charge in [-0.3, -0.25) is 4.79 Å². The lowest BCUT2D eigenvalue weighted by molar-refractivity contribution is 0.0881. The fraction of sp³-hybridized carbons (Fsp3) is 0.500. The van der Waals surface area contributed by atoms with Crippen LogP contribution in [0.25, 0.3) is 0 Å². The van der Waals surface area contributed by atoms with Crippen molar-refractivity contribution < 1.29 is 9.90 Å². The summed E-state index contributed by atoms with van der Waals surface area (Å²) in [5.41, 5.74) is 0.351. The second-order valence-corrected chi connectivity index (χ2v) is 5.13. The van der Waals surface area contributed by atoms with Crippen molar-refractivity contribution in [1.82, 2.24) is 10.2 Å². The Balaban J connectivity index is 2.02. The maximum absolute atomic E-state index is 12.1. The molecule has 0 saturated carbocycles. The van der Waals surface area contributed by atoms with E-state index in [1.54, 1.807) is 18.2 Å². The minimum Gasteiger partial charge on any atom is -0.507 e. The van der Waals surface area contributed by atoms with Crippen LogP contribution in [-0.4, -0.2) is 42.1 Å². The maximum atomic E-state index is 12.1. The first kappa shape index (κ1) is 12.9. The average Bonchev–Trinajstić information content (AvgIpc) is 2.33. The molecule has 0 radical (unpaired) electrons. The fourth-order valence-electron chi connectivity index (χ4n) is 2.48. The number of carbonyl (C=O) groups excluding carboxylic acids is 1. The van der Waals surface area contributed by atoms with Crippen LogP contribution >= 0.6 is 0 Å². The normalized spacial score (nSPS) is 24.8. The first-order valence-electron chi connectivity index (χ1n) is 6.35. The molecule has 1 heterocycles. The van der Waals surface area contributed by atoms with Gasteiger partial charge in [-0.15, -0.1) is 0 Å². The number of hydrogen-bond acceptors (Lipinski definition) is 3. The summed E-state index contributed by atoms with van der Waals surface area (Å²) in [5, 5.41) is 12.7. The Morgan fingerprint density at radius 1 is 1.44 bits per heavy atom. The molecule has 98 valence electrons. The summed E-state index contributed by atoms with van der Waals surface area (Å²) in [7, 11) is 2.09. The molecule has 18 heavy (non-hydrogen) atoms. The molecule has 2 atom stereocenters. The van der Waals surface area contributed by atoms with Gasteiger partial charge in [0.2, 0.25) is 0 Å². The third kappa shape index (κ3) is 2.82. The van der Waals surface area contributed by atoms with Crippen molar-refractivity contribution >= 4 is 5.91 Å². The number of nitrogens with one attached hydrogen (secondary N) is 1. The van der Waals surface area contributed by atoms with E-state index < -0.39 is 0 Å². The highest BCUT2D eigenvalue weighted by Crippen LogP contribution is 2.19.